The predicted octanol–water partition coefficient (Wildman–Crippen LogP) is 3.18. The maximum absolute atomic E-state index is 10.5. The molecule has 1 unspecified atom stereocenters. The molecule has 0 radical (unpaired) electrons. The molecular formula is C14H25NO. The van der Waals surface area contributed by atoms with Crippen LogP contribution in [0.3, 0.4) is 0 Å². The van der Waals surface area contributed by atoms with E-state index in [-0.39, 0.29) is 0 Å². The van der Waals surface area contributed by atoms with E-state index in [1.165, 1.54) is 38.8 Å². The van der Waals surface area contributed by atoms with Gasteiger partial charge in [0, 0.05) is 12.5 Å². The van der Waals surface area contributed by atoms with Gasteiger partial charge in [-0.3, -0.25) is 0 Å². The van der Waals surface area contributed by atoms with Crippen molar-refractivity contribution in [2.45, 2.75) is 57.4 Å². The van der Waals surface area contributed by atoms with Crippen LogP contribution in [0.5, 0.6) is 0 Å². The maximum Gasteiger partial charge on any atom is 0.120 e. The minimum Gasteiger partial charge on any atom is -0.303 e. The zero-order valence-electron chi connectivity index (χ0n) is 10.4. The van der Waals surface area contributed by atoms with Crippen LogP contribution in [-0.2, 0) is 4.79 Å². The first-order valence-electron chi connectivity index (χ1n) is 6.67. The molecule has 0 spiro atoms. The van der Waals surface area contributed by atoms with Crippen LogP contribution >= 0.6 is 0 Å². The largest absolute Gasteiger partial charge is 0.303 e. The summed E-state index contributed by atoms with van der Waals surface area (Å²) >= 11 is 0. The number of aldehydes is 1. The van der Waals surface area contributed by atoms with Gasteiger partial charge in [-0.2, -0.15) is 0 Å². The Kier molecular flexibility index (Phi) is 7.15. The highest BCUT2D eigenvalue weighted by atomic mass is 16.1. The quantitative estimate of drug-likeness (QED) is 0.488. The van der Waals surface area contributed by atoms with E-state index in [1.54, 1.807) is 0 Å². The van der Waals surface area contributed by atoms with Crippen molar-refractivity contribution in [3.63, 3.8) is 0 Å². The second-order valence-electron chi connectivity index (χ2n) is 4.71. The monoisotopic (exact) mass is 223 g/mol. The first kappa shape index (κ1) is 13.4. The fourth-order valence-electron chi connectivity index (χ4n) is 2.54. The molecule has 1 atom stereocenters. The van der Waals surface area contributed by atoms with Crippen molar-refractivity contribution in [2.24, 2.45) is 0 Å². The number of hydrogen-bond acceptors (Lipinski definition) is 2. The SMILES string of the molecule is C=CCCC(CCC=O)N1CCCCCC1. The summed E-state index contributed by atoms with van der Waals surface area (Å²) in [5.74, 6) is 0. The topological polar surface area (TPSA) is 20.3 Å². The van der Waals surface area contributed by atoms with Gasteiger partial charge in [-0.1, -0.05) is 18.9 Å². The molecule has 1 rings (SSSR count). The molecular weight excluding hydrogens is 198 g/mol. The van der Waals surface area contributed by atoms with Crippen LogP contribution in [0.2, 0.25) is 0 Å². The summed E-state index contributed by atoms with van der Waals surface area (Å²) in [7, 11) is 0. The van der Waals surface area contributed by atoms with E-state index < -0.39 is 0 Å². The van der Waals surface area contributed by atoms with E-state index >= 15 is 0 Å². The van der Waals surface area contributed by atoms with E-state index in [1.807, 2.05) is 6.08 Å². The van der Waals surface area contributed by atoms with Crippen LogP contribution in [0, 0.1) is 0 Å². The second kappa shape index (κ2) is 8.51. The molecule has 0 saturated carbocycles. The third-order valence-corrected chi connectivity index (χ3v) is 3.48. The third-order valence-electron chi connectivity index (χ3n) is 3.48. The Hall–Kier alpha value is -0.630. The van der Waals surface area contributed by atoms with Crippen LogP contribution in [-0.4, -0.2) is 30.3 Å². The molecule has 0 amide bonds. The standard InChI is InChI=1S/C14H25NO/c1-2-3-9-14(10-8-13-16)15-11-6-4-5-7-12-15/h2,13-14H,1,3-12H2. The van der Waals surface area contributed by atoms with Gasteiger partial charge in [0.05, 0.1) is 0 Å². The lowest BCUT2D eigenvalue weighted by atomic mass is 10.0. The van der Waals surface area contributed by atoms with Crippen molar-refractivity contribution in [1.29, 1.82) is 0 Å². The maximum atomic E-state index is 10.5. The van der Waals surface area contributed by atoms with E-state index in [9.17, 15) is 4.79 Å². The molecule has 0 aliphatic carbocycles. The molecule has 92 valence electrons. The van der Waals surface area contributed by atoms with Gasteiger partial charge in [0.2, 0.25) is 0 Å². The van der Waals surface area contributed by atoms with Crippen molar-refractivity contribution in [3.8, 4) is 0 Å². The smallest absolute Gasteiger partial charge is 0.120 e. The highest BCUT2D eigenvalue weighted by Gasteiger charge is 2.18. The summed E-state index contributed by atoms with van der Waals surface area (Å²) in [6.07, 6.45) is 12.4. The normalized spacial score (nSPS) is 20.0. The lowest BCUT2D eigenvalue weighted by molar-refractivity contribution is -0.108. The van der Waals surface area contributed by atoms with Crippen LogP contribution in [0.15, 0.2) is 12.7 Å². The van der Waals surface area contributed by atoms with Crippen LogP contribution in [0.25, 0.3) is 0 Å². The van der Waals surface area contributed by atoms with E-state index in [2.05, 4.69) is 11.5 Å². The molecule has 0 aromatic rings. The first-order valence-corrected chi connectivity index (χ1v) is 6.67. The lowest BCUT2D eigenvalue weighted by Gasteiger charge is -2.30. The Morgan fingerprint density at radius 3 is 2.25 bits per heavy atom. The van der Waals surface area contributed by atoms with E-state index in [4.69, 9.17) is 0 Å². The van der Waals surface area contributed by atoms with Crippen molar-refractivity contribution in [1.82, 2.24) is 4.90 Å². The number of allylic oxidation sites excluding steroid dienone is 1. The molecule has 0 aromatic heterocycles. The lowest BCUT2D eigenvalue weighted by Crippen LogP contribution is -2.36. The number of carbonyl (C=O) groups is 1. The summed E-state index contributed by atoms with van der Waals surface area (Å²) < 4.78 is 0. The minimum absolute atomic E-state index is 0.598. The molecule has 16 heavy (non-hydrogen) atoms. The zero-order chi connectivity index (χ0) is 11.6. The van der Waals surface area contributed by atoms with Crippen LogP contribution in [0.4, 0.5) is 0 Å². The van der Waals surface area contributed by atoms with Gasteiger partial charge in [-0.15, -0.1) is 6.58 Å². The second-order valence-corrected chi connectivity index (χ2v) is 4.71. The fraction of sp³-hybridized carbons (Fsp3) is 0.786. The molecule has 0 bridgehead atoms. The van der Waals surface area contributed by atoms with Crippen molar-refractivity contribution >= 4 is 6.29 Å². The van der Waals surface area contributed by atoms with Gasteiger partial charge in [0.25, 0.3) is 0 Å². The van der Waals surface area contributed by atoms with Crippen molar-refractivity contribution < 1.29 is 4.79 Å². The molecule has 2 heteroatoms. The van der Waals surface area contributed by atoms with Gasteiger partial charge in [-0.05, 0) is 45.2 Å². The fourth-order valence-corrected chi connectivity index (χ4v) is 2.54. The van der Waals surface area contributed by atoms with Gasteiger partial charge in [0.1, 0.15) is 6.29 Å². The Morgan fingerprint density at radius 2 is 1.69 bits per heavy atom. The summed E-state index contributed by atoms with van der Waals surface area (Å²) in [6.45, 7) is 6.23. The van der Waals surface area contributed by atoms with Crippen LogP contribution < -0.4 is 0 Å². The Bertz CT molecular complexity index is 183. The average molecular weight is 223 g/mol. The first-order chi connectivity index (χ1) is 7.88. The molecule has 1 heterocycles. The summed E-state index contributed by atoms with van der Waals surface area (Å²) in [4.78, 5) is 13.1. The Balaban J connectivity index is 2.42. The van der Waals surface area contributed by atoms with Crippen LogP contribution in [0.1, 0.15) is 51.4 Å². The van der Waals surface area contributed by atoms with Crippen molar-refractivity contribution in [3.05, 3.63) is 12.7 Å². The van der Waals surface area contributed by atoms with E-state index in [0.717, 1.165) is 25.5 Å². The van der Waals surface area contributed by atoms with Crippen molar-refractivity contribution in [2.75, 3.05) is 13.1 Å². The summed E-state index contributed by atoms with van der Waals surface area (Å²) in [6, 6.07) is 0.598. The predicted molar refractivity (Wildman–Crippen MR) is 68.6 cm³/mol. The molecule has 1 aliphatic rings. The van der Waals surface area contributed by atoms with Gasteiger partial charge >= 0.3 is 0 Å². The number of carbonyl (C=O) groups excluding carboxylic acids is 1. The molecule has 2 nitrogen and oxygen atoms in total. The van der Waals surface area contributed by atoms with E-state index in [0.29, 0.717) is 12.5 Å². The third kappa shape index (κ3) is 4.93. The Morgan fingerprint density at radius 1 is 1.06 bits per heavy atom. The highest BCUT2D eigenvalue weighted by Crippen LogP contribution is 2.18. The highest BCUT2D eigenvalue weighted by molar-refractivity contribution is 5.49. The summed E-state index contributed by atoms with van der Waals surface area (Å²) in [5, 5.41) is 0. The molecule has 0 N–H and O–H groups in total. The molecule has 1 fully saturated rings. The molecule has 0 aromatic carbocycles. The van der Waals surface area contributed by atoms with Gasteiger partial charge < -0.3 is 9.69 Å². The Labute approximate surface area is 99.7 Å². The van der Waals surface area contributed by atoms with Gasteiger partial charge in [0.15, 0.2) is 0 Å². The number of nitrogens with zero attached hydrogens (tertiary/aromatic N) is 1. The van der Waals surface area contributed by atoms with Gasteiger partial charge in [-0.25, -0.2) is 0 Å². The number of likely N-dealkylation sites (tertiary alicyclic amines) is 1. The minimum atomic E-state index is 0.598. The zero-order valence-corrected chi connectivity index (χ0v) is 10.4. The average Bonchev–Trinajstić information content (AvgIpc) is 2.58. The summed E-state index contributed by atoms with van der Waals surface area (Å²) in [5.41, 5.74) is 0. The number of rotatable bonds is 7. The molecule has 1 aliphatic heterocycles. The number of hydrogen-bond donors (Lipinski definition) is 0. The molecule has 1 saturated heterocycles.